The minimum Gasteiger partial charge on any atom is -0.377 e. The summed E-state index contributed by atoms with van der Waals surface area (Å²) in [4.78, 5) is 21.4. The predicted molar refractivity (Wildman–Crippen MR) is 95.0 cm³/mol. The van der Waals surface area contributed by atoms with E-state index in [0.29, 0.717) is 37.7 Å². The highest BCUT2D eigenvalue weighted by molar-refractivity contribution is 5.80. The van der Waals surface area contributed by atoms with Crippen LogP contribution in [0.25, 0.3) is 0 Å². The number of hydrogen-bond donors (Lipinski definition) is 0. The van der Waals surface area contributed by atoms with E-state index in [9.17, 15) is 10.1 Å². The Labute approximate surface area is 149 Å². The molecule has 2 aliphatic heterocycles. The summed E-state index contributed by atoms with van der Waals surface area (Å²) in [6.07, 6.45) is 3.61. The minimum atomic E-state index is -0.0233. The van der Waals surface area contributed by atoms with Crippen LogP contribution in [-0.2, 0) is 9.53 Å². The number of hydrogen-bond acceptors (Lipinski definition) is 5. The summed E-state index contributed by atoms with van der Waals surface area (Å²) in [5.74, 6) is 1.27. The molecule has 1 aromatic heterocycles. The Morgan fingerprint density at radius 1 is 1.36 bits per heavy atom. The SMILES string of the molecule is CC(C)[C@@H]1OCCC[C@@H]1C(=O)N1CCN(c2ncccc2C#N)CC1. The summed E-state index contributed by atoms with van der Waals surface area (Å²) in [6, 6.07) is 5.75. The van der Waals surface area contributed by atoms with E-state index in [1.807, 2.05) is 4.90 Å². The zero-order chi connectivity index (χ0) is 17.8. The molecule has 3 rings (SSSR count). The molecule has 25 heavy (non-hydrogen) atoms. The highest BCUT2D eigenvalue weighted by Gasteiger charge is 2.37. The van der Waals surface area contributed by atoms with E-state index in [2.05, 4.69) is 29.8 Å². The number of pyridine rings is 1. The molecule has 0 radical (unpaired) electrons. The van der Waals surface area contributed by atoms with Crippen LogP contribution in [0, 0.1) is 23.2 Å². The van der Waals surface area contributed by atoms with Gasteiger partial charge in [0.25, 0.3) is 0 Å². The van der Waals surface area contributed by atoms with Crippen LogP contribution in [-0.4, -0.2) is 54.7 Å². The molecule has 2 atom stereocenters. The Morgan fingerprint density at radius 3 is 2.80 bits per heavy atom. The number of nitriles is 1. The zero-order valence-corrected chi connectivity index (χ0v) is 15.0. The monoisotopic (exact) mass is 342 g/mol. The number of aromatic nitrogens is 1. The molecule has 2 aliphatic rings. The van der Waals surface area contributed by atoms with Gasteiger partial charge in [-0.1, -0.05) is 13.8 Å². The van der Waals surface area contributed by atoms with Gasteiger partial charge in [0.1, 0.15) is 11.9 Å². The van der Waals surface area contributed by atoms with Gasteiger partial charge in [0.05, 0.1) is 17.6 Å². The number of piperazine rings is 1. The van der Waals surface area contributed by atoms with Crippen molar-refractivity contribution in [1.82, 2.24) is 9.88 Å². The van der Waals surface area contributed by atoms with Crippen LogP contribution in [0.3, 0.4) is 0 Å². The Balaban J connectivity index is 1.64. The lowest BCUT2D eigenvalue weighted by Crippen LogP contribution is -2.53. The average molecular weight is 342 g/mol. The lowest BCUT2D eigenvalue weighted by Gasteiger charge is -2.40. The molecule has 1 aromatic rings. The van der Waals surface area contributed by atoms with Crippen molar-refractivity contribution in [1.29, 1.82) is 5.26 Å². The van der Waals surface area contributed by atoms with Gasteiger partial charge >= 0.3 is 0 Å². The van der Waals surface area contributed by atoms with E-state index in [1.165, 1.54) is 0 Å². The lowest BCUT2D eigenvalue weighted by atomic mass is 9.86. The van der Waals surface area contributed by atoms with Gasteiger partial charge in [-0.25, -0.2) is 4.98 Å². The van der Waals surface area contributed by atoms with Crippen molar-refractivity contribution in [3.63, 3.8) is 0 Å². The van der Waals surface area contributed by atoms with Gasteiger partial charge in [0.2, 0.25) is 5.91 Å². The van der Waals surface area contributed by atoms with Crippen LogP contribution in [0.2, 0.25) is 0 Å². The normalized spacial score (nSPS) is 24.2. The van der Waals surface area contributed by atoms with E-state index in [-0.39, 0.29) is 17.9 Å². The first kappa shape index (κ1) is 17.7. The van der Waals surface area contributed by atoms with Crippen LogP contribution in [0.15, 0.2) is 18.3 Å². The van der Waals surface area contributed by atoms with Crippen LogP contribution < -0.4 is 4.90 Å². The maximum absolute atomic E-state index is 13.0. The number of amides is 1. The van der Waals surface area contributed by atoms with Crippen LogP contribution in [0.1, 0.15) is 32.3 Å². The van der Waals surface area contributed by atoms with Gasteiger partial charge in [-0.05, 0) is 30.9 Å². The molecule has 6 nitrogen and oxygen atoms in total. The quantitative estimate of drug-likeness (QED) is 0.841. The summed E-state index contributed by atoms with van der Waals surface area (Å²) >= 11 is 0. The van der Waals surface area contributed by atoms with Crippen molar-refractivity contribution >= 4 is 11.7 Å². The van der Waals surface area contributed by atoms with Crippen LogP contribution in [0.5, 0.6) is 0 Å². The molecule has 0 bridgehead atoms. The first-order chi connectivity index (χ1) is 12.1. The van der Waals surface area contributed by atoms with Crippen molar-refractivity contribution in [3.8, 4) is 6.07 Å². The molecule has 0 aromatic carbocycles. The molecule has 134 valence electrons. The van der Waals surface area contributed by atoms with Crippen LogP contribution in [0.4, 0.5) is 5.82 Å². The third kappa shape index (κ3) is 3.77. The fraction of sp³-hybridized carbons (Fsp3) is 0.632. The topological polar surface area (TPSA) is 69.5 Å². The third-order valence-electron chi connectivity index (χ3n) is 5.14. The molecule has 2 fully saturated rings. The van der Waals surface area contributed by atoms with E-state index < -0.39 is 0 Å². The summed E-state index contributed by atoms with van der Waals surface area (Å²) < 4.78 is 5.88. The Kier molecular flexibility index (Phi) is 5.54. The fourth-order valence-electron chi connectivity index (χ4n) is 3.83. The molecule has 0 spiro atoms. The van der Waals surface area contributed by atoms with Gasteiger partial charge in [0.15, 0.2) is 0 Å². The minimum absolute atomic E-state index is 0.0233. The molecule has 2 saturated heterocycles. The molecule has 0 unspecified atom stereocenters. The highest BCUT2D eigenvalue weighted by atomic mass is 16.5. The van der Waals surface area contributed by atoms with Crippen molar-refractivity contribution in [2.24, 2.45) is 11.8 Å². The number of anilines is 1. The van der Waals surface area contributed by atoms with E-state index in [4.69, 9.17) is 4.74 Å². The highest BCUT2D eigenvalue weighted by Crippen LogP contribution is 2.28. The number of rotatable bonds is 3. The molecule has 0 N–H and O–H groups in total. The van der Waals surface area contributed by atoms with Gasteiger partial charge in [-0.3, -0.25) is 4.79 Å². The lowest BCUT2D eigenvalue weighted by molar-refractivity contribution is -0.148. The second-order valence-electron chi connectivity index (χ2n) is 7.13. The van der Waals surface area contributed by atoms with Crippen molar-refractivity contribution in [2.75, 3.05) is 37.7 Å². The average Bonchev–Trinajstić information content (AvgIpc) is 2.67. The maximum atomic E-state index is 13.0. The number of nitrogens with zero attached hydrogens (tertiary/aromatic N) is 4. The standard InChI is InChI=1S/C19H26N4O2/c1-14(2)17-16(6-4-12-25-17)19(24)23-10-8-22(9-11-23)18-15(13-20)5-3-7-21-18/h3,5,7,14,16-17H,4,6,8-12H2,1-2H3/t16-,17-/m0/s1. The molecular weight excluding hydrogens is 316 g/mol. The molecule has 1 amide bonds. The fourth-order valence-corrected chi connectivity index (χ4v) is 3.83. The van der Waals surface area contributed by atoms with Crippen molar-refractivity contribution in [3.05, 3.63) is 23.9 Å². The number of carbonyl (C=O) groups is 1. The van der Waals surface area contributed by atoms with Crippen molar-refractivity contribution in [2.45, 2.75) is 32.8 Å². The van der Waals surface area contributed by atoms with E-state index >= 15 is 0 Å². The Morgan fingerprint density at radius 2 is 2.12 bits per heavy atom. The second kappa shape index (κ2) is 7.83. The molecule has 3 heterocycles. The Hall–Kier alpha value is -2.13. The maximum Gasteiger partial charge on any atom is 0.228 e. The summed E-state index contributed by atoms with van der Waals surface area (Å²) in [6.45, 7) is 7.76. The van der Waals surface area contributed by atoms with Crippen molar-refractivity contribution < 1.29 is 9.53 Å². The zero-order valence-electron chi connectivity index (χ0n) is 15.0. The third-order valence-corrected chi connectivity index (χ3v) is 5.14. The summed E-state index contributed by atoms with van der Waals surface area (Å²) in [5.41, 5.74) is 0.586. The van der Waals surface area contributed by atoms with Gasteiger partial charge in [0, 0.05) is 39.0 Å². The molecule has 0 saturated carbocycles. The summed E-state index contributed by atoms with van der Waals surface area (Å²) in [5, 5.41) is 9.25. The molecule has 0 aliphatic carbocycles. The first-order valence-corrected chi connectivity index (χ1v) is 9.12. The number of carbonyl (C=O) groups excluding carboxylic acids is 1. The van der Waals surface area contributed by atoms with Gasteiger partial charge < -0.3 is 14.5 Å². The summed E-state index contributed by atoms with van der Waals surface area (Å²) in [7, 11) is 0. The largest absolute Gasteiger partial charge is 0.377 e. The Bertz CT molecular complexity index is 647. The predicted octanol–water partition coefficient (Wildman–Crippen LogP) is 2.05. The smallest absolute Gasteiger partial charge is 0.228 e. The molecular formula is C19H26N4O2. The number of ether oxygens (including phenoxy) is 1. The van der Waals surface area contributed by atoms with Gasteiger partial charge in [-0.2, -0.15) is 5.26 Å². The molecule has 6 heteroatoms. The van der Waals surface area contributed by atoms with E-state index in [0.717, 1.165) is 25.3 Å². The van der Waals surface area contributed by atoms with E-state index in [1.54, 1.807) is 18.3 Å². The van der Waals surface area contributed by atoms with Gasteiger partial charge in [-0.15, -0.1) is 0 Å². The van der Waals surface area contributed by atoms with Crippen LogP contribution >= 0.6 is 0 Å². The second-order valence-corrected chi connectivity index (χ2v) is 7.13. The first-order valence-electron chi connectivity index (χ1n) is 9.12.